The van der Waals surface area contributed by atoms with Crippen LogP contribution in [0.2, 0.25) is 0 Å². The molecular formula is C7H9NO3. The maximum absolute atomic E-state index is 11.2. The van der Waals surface area contributed by atoms with Gasteiger partial charge < -0.3 is 10.1 Å². The minimum Gasteiger partial charge on any atom is -0.378 e. The van der Waals surface area contributed by atoms with E-state index in [4.69, 9.17) is 4.74 Å². The number of carbonyl (C=O) groups excluding carboxylic acids is 2. The molecule has 0 aromatic carbocycles. The monoisotopic (exact) mass is 155 g/mol. The van der Waals surface area contributed by atoms with Gasteiger partial charge in [0.05, 0.1) is 13.0 Å². The second-order valence-electron chi connectivity index (χ2n) is 3.03. The summed E-state index contributed by atoms with van der Waals surface area (Å²) in [6.45, 7) is 0.934. The van der Waals surface area contributed by atoms with Gasteiger partial charge in [0, 0.05) is 13.0 Å². The Hall–Kier alpha value is -0.900. The number of ether oxygens (including phenoxy) is 1. The van der Waals surface area contributed by atoms with Gasteiger partial charge in [-0.05, 0) is 0 Å². The van der Waals surface area contributed by atoms with Gasteiger partial charge in [0.15, 0.2) is 5.78 Å². The molecule has 0 aromatic heterocycles. The Morgan fingerprint density at radius 1 is 1.45 bits per heavy atom. The predicted molar refractivity (Wildman–Crippen MR) is 35.9 cm³/mol. The molecular weight excluding hydrogens is 146 g/mol. The van der Waals surface area contributed by atoms with Crippen LogP contribution in [0.15, 0.2) is 0 Å². The van der Waals surface area contributed by atoms with E-state index >= 15 is 0 Å². The predicted octanol–water partition coefficient (Wildman–Crippen LogP) is -0.766. The Morgan fingerprint density at radius 3 is 2.73 bits per heavy atom. The van der Waals surface area contributed by atoms with Crippen molar-refractivity contribution in [3.8, 4) is 0 Å². The third-order valence-electron chi connectivity index (χ3n) is 2.26. The minimum absolute atomic E-state index is 0.0139. The number of nitrogens with one attached hydrogen (secondary N) is 1. The summed E-state index contributed by atoms with van der Waals surface area (Å²) >= 11 is 0. The lowest BCUT2D eigenvalue weighted by Crippen LogP contribution is -2.46. The lowest BCUT2D eigenvalue weighted by atomic mass is 9.96. The molecule has 60 valence electrons. The summed E-state index contributed by atoms with van der Waals surface area (Å²) in [5, 5.41) is 2.67. The summed E-state index contributed by atoms with van der Waals surface area (Å²) in [5.41, 5.74) is -0.642. The van der Waals surface area contributed by atoms with Gasteiger partial charge in [-0.2, -0.15) is 0 Å². The molecule has 0 bridgehead atoms. The van der Waals surface area contributed by atoms with Crippen LogP contribution in [0, 0.1) is 0 Å². The van der Waals surface area contributed by atoms with Crippen molar-refractivity contribution in [1.82, 2.24) is 5.32 Å². The lowest BCUT2D eigenvalue weighted by molar-refractivity contribution is -0.123. The van der Waals surface area contributed by atoms with Crippen LogP contribution in [0.5, 0.6) is 0 Å². The Morgan fingerprint density at radius 2 is 2.27 bits per heavy atom. The van der Waals surface area contributed by atoms with E-state index in [2.05, 4.69) is 5.32 Å². The number of rotatable bonds is 0. The number of amides is 1. The topological polar surface area (TPSA) is 55.4 Å². The molecule has 0 radical (unpaired) electrons. The molecule has 1 unspecified atom stereocenters. The highest BCUT2D eigenvalue weighted by Gasteiger charge is 2.48. The summed E-state index contributed by atoms with van der Waals surface area (Å²) in [4.78, 5) is 22.1. The lowest BCUT2D eigenvalue weighted by Gasteiger charge is -2.17. The van der Waals surface area contributed by atoms with Crippen molar-refractivity contribution < 1.29 is 14.3 Å². The quantitative estimate of drug-likeness (QED) is 0.467. The molecule has 2 fully saturated rings. The number of hydrogen-bond acceptors (Lipinski definition) is 3. The van der Waals surface area contributed by atoms with Crippen molar-refractivity contribution in [2.75, 3.05) is 13.2 Å². The van der Waals surface area contributed by atoms with Crippen molar-refractivity contribution in [3.05, 3.63) is 0 Å². The van der Waals surface area contributed by atoms with Gasteiger partial charge in [0.1, 0.15) is 5.54 Å². The number of Topliss-reactive ketones (excluding diaryl/α,β-unsaturated/α-hetero) is 1. The Balaban J connectivity index is 2.24. The van der Waals surface area contributed by atoms with Gasteiger partial charge >= 0.3 is 0 Å². The van der Waals surface area contributed by atoms with Gasteiger partial charge in [0.2, 0.25) is 5.91 Å². The largest absolute Gasteiger partial charge is 0.378 e. The van der Waals surface area contributed by atoms with Crippen LogP contribution in [-0.4, -0.2) is 30.4 Å². The maximum Gasteiger partial charge on any atom is 0.228 e. The molecule has 0 saturated carbocycles. The van der Waals surface area contributed by atoms with E-state index in [0.717, 1.165) is 0 Å². The third kappa shape index (κ3) is 0.860. The van der Waals surface area contributed by atoms with Crippen LogP contribution < -0.4 is 5.32 Å². The van der Waals surface area contributed by atoms with E-state index in [1.54, 1.807) is 0 Å². The highest BCUT2D eigenvalue weighted by Crippen LogP contribution is 2.25. The van der Waals surface area contributed by atoms with Gasteiger partial charge in [-0.15, -0.1) is 0 Å². The van der Waals surface area contributed by atoms with E-state index in [-0.39, 0.29) is 18.1 Å². The molecule has 1 amide bonds. The van der Waals surface area contributed by atoms with Crippen molar-refractivity contribution >= 4 is 11.7 Å². The molecule has 11 heavy (non-hydrogen) atoms. The second-order valence-corrected chi connectivity index (χ2v) is 3.03. The highest BCUT2D eigenvalue weighted by molar-refractivity contribution is 6.10. The van der Waals surface area contributed by atoms with Gasteiger partial charge in [-0.3, -0.25) is 9.59 Å². The van der Waals surface area contributed by atoms with E-state index in [0.29, 0.717) is 19.6 Å². The Labute approximate surface area is 63.9 Å². The standard InChI is InChI=1S/C7H9NO3/c9-5-3-6(10)8-7(5)1-2-11-4-7/h1-4H2,(H,8,10). The fraction of sp³-hybridized carbons (Fsp3) is 0.714. The molecule has 1 atom stereocenters. The number of carbonyl (C=O) groups is 2. The molecule has 2 heterocycles. The fourth-order valence-electron chi connectivity index (χ4n) is 1.58. The van der Waals surface area contributed by atoms with Gasteiger partial charge in [-0.1, -0.05) is 0 Å². The molecule has 1 N–H and O–H groups in total. The Kier molecular flexibility index (Phi) is 1.26. The van der Waals surface area contributed by atoms with Crippen molar-refractivity contribution in [1.29, 1.82) is 0 Å². The zero-order valence-corrected chi connectivity index (χ0v) is 6.05. The molecule has 4 heteroatoms. The van der Waals surface area contributed by atoms with E-state index in [1.165, 1.54) is 0 Å². The molecule has 2 aliphatic heterocycles. The van der Waals surface area contributed by atoms with E-state index in [9.17, 15) is 9.59 Å². The molecule has 4 nitrogen and oxygen atoms in total. The van der Waals surface area contributed by atoms with Crippen LogP contribution in [0.4, 0.5) is 0 Å². The first-order chi connectivity index (χ1) is 5.23. The first-order valence-corrected chi connectivity index (χ1v) is 3.65. The fourth-order valence-corrected chi connectivity index (χ4v) is 1.58. The van der Waals surface area contributed by atoms with Gasteiger partial charge in [-0.25, -0.2) is 0 Å². The van der Waals surface area contributed by atoms with E-state index < -0.39 is 5.54 Å². The van der Waals surface area contributed by atoms with Crippen molar-refractivity contribution in [2.45, 2.75) is 18.4 Å². The van der Waals surface area contributed by atoms with Crippen LogP contribution >= 0.6 is 0 Å². The molecule has 2 aliphatic rings. The first-order valence-electron chi connectivity index (χ1n) is 3.65. The van der Waals surface area contributed by atoms with Crippen molar-refractivity contribution in [2.24, 2.45) is 0 Å². The summed E-state index contributed by atoms with van der Waals surface area (Å²) < 4.78 is 5.07. The maximum atomic E-state index is 11.2. The zero-order chi connectivity index (χ0) is 7.90. The van der Waals surface area contributed by atoms with E-state index in [1.807, 2.05) is 0 Å². The van der Waals surface area contributed by atoms with Crippen LogP contribution in [0.25, 0.3) is 0 Å². The SMILES string of the molecule is O=C1CC(=O)C2(CCOC2)N1. The summed E-state index contributed by atoms with van der Waals surface area (Å²) in [7, 11) is 0. The van der Waals surface area contributed by atoms with Crippen LogP contribution in [0.3, 0.4) is 0 Å². The Bertz CT molecular complexity index is 218. The van der Waals surface area contributed by atoms with Gasteiger partial charge in [0.25, 0.3) is 0 Å². The smallest absolute Gasteiger partial charge is 0.228 e. The molecule has 0 aromatic rings. The molecule has 0 aliphatic carbocycles. The van der Waals surface area contributed by atoms with Crippen LogP contribution in [-0.2, 0) is 14.3 Å². The molecule has 1 spiro atoms. The van der Waals surface area contributed by atoms with Crippen LogP contribution in [0.1, 0.15) is 12.8 Å². The average molecular weight is 155 g/mol. The second kappa shape index (κ2) is 2.04. The summed E-state index contributed by atoms with van der Waals surface area (Å²) in [5.74, 6) is -0.180. The number of hydrogen-bond donors (Lipinski definition) is 1. The molecule has 2 rings (SSSR count). The first kappa shape index (κ1) is 6.79. The normalized spacial score (nSPS) is 36.7. The third-order valence-corrected chi connectivity index (χ3v) is 2.26. The van der Waals surface area contributed by atoms with Crippen molar-refractivity contribution in [3.63, 3.8) is 0 Å². The molecule has 2 saturated heterocycles. The average Bonchev–Trinajstić information content (AvgIpc) is 2.45. The zero-order valence-electron chi connectivity index (χ0n) is 6.05. The highest BCUT2D eigenvalue weighted by atomic mass is 16.5. The summed E-state index contributed by atoms with van der Waals surface area (Å²) in [6.07, 6.45) is 0.668. The number of ketones is 1. The minimum atomic E-state index is -0.642. The summed E-state index contributed by atoms with van der Waals surface area (Å²) in [6, 6.07) is 0.